The lowest BCUT2D eigenvalue weighted by Crippen LogP contribution is -2.13. The fourth-order valence-electron chi connectivity index (χ4n) is 1.91. The highest BCUT2D eigenvalue weighted by molar-refractivity contribution is 5.89. The maximum atomic E-state index is 12.7. The molecule has 0 saturated heterocycles. The largest absolute Gasteiger partial charge is 0.489 e. The van der Waals surface area contributed by atoms with Gasteiger partial charge in [-0.05, 0) is 36.8 Å². The maximum Gasteiger partial charge on any atom is 0.417 e. The molecular weight excluding hydrogens is 297 g/mol. The van der Waals surface area contributed by atoms with Crippen molar-refractivity contribution < 1.29 is 27.8 Å². The first-order valence-corrected chi connectivity index (χ1v) is 6.40. The minimum atomic E-state index is -4.70. The number of ether oxygens (including phenoxy) is 1. The number of hydrogen-bond donors (Lipinski definition) is 1. The number of benzene rings is 2. The van der Waals surface area contributed by atoms with Crippen LogP contribution in [0.5, 0.6) is 5.75 Å². The number of carboxylic acids is 1. The number of hydrogen-bond acceptors (Lipinski definition) is 2. The van der Waals surface area contributed by atoms with Crippen LogP contribution in [0.15, 0.2) is 42.5 Å². The van der Waals surface area contributed by atoms with E-state index in [1.165, 1.54) is 6.07 Å². The molecule has 0 bridgehead atoms. The van der Waals surface area contributed by atoms with Crippen molar-refractivity contribution in [3.63, 3.8) is 0 Å². The summed E-state index contributed by atoms with van der Waals surface area (Å²) in [5.41, 5.74) is -0.544. The topological polar surface area (TPSA) is 46.5 Å². The van der Waals surface area contributed by atoms with Crippen molar-refractivity contribution in [3.8, 4) is 5.75 Å². The predicted molar refractivity (Wildman–Crippen MR) is 73.9 cm³/mol. The lowest BCUT2D eigenvalue weighted by atomic mass is 10.0. The Bertz CT molecular complexity index is 676. The van der Waals surface area contributed by atoms with E-state index in [1.807, 2.05) is 19.1 Å². The van der Waals surface area contributed by atoms with Gasteiger partial charge in [0.15, 0.2) is 0 Å². The van der Waals surface area contributed by atoms with Gasteiger partial charge in [0.1, 0.15) is 12.4 Å². The first kappa shape index (κ1) is 15.9. The van der Waals surface area contributed by atoms with Gasteiger partial charge in [0, 0.05) is 0 Å². The Kier molecular flexibility index (Phi) is 4.40. The van der Waals surface area contributed by atoms with Crippen LogP contribution in [0.4, 0.5) is 13.2 Å². The van der Waals surface area contributed by atoms with E-state index in [1.54, 1.807) is 12.1 Å². The fourth-order valence-corrected chi connectivity index (χ4v) is 1.91. The van der Waals surface area contributed by atoms with E-state index in [9.17, 15) is 18.0 Å². The number of halogens is 3. The highest BCUT2D eigenvalue weighted by Crippen LogP contribution is 2.32. The van der Waals surface area contributed by atoms with Crippen LogP contribution in [0.2, 0.25) is 0 Å². The number of carbonyl (C=O) groups is 1. The van der Waals surface area contributed by atoms with Crippen LogP contribution in [0.3, 0.4) is 0 Å². The van der Waals surface area contributed by atoms with E-state index in [0.29, 0.717) is 11.3 Å². The third kappa shape index (κ3) is 3.78. The van der Waals surface area contributed by atoms with Gasteiger partial charge in [0.25, 0.3) is 0 Å². The Labute approximate surface area is 125 Å². The van der Waals surface area contributed by atoms with Crippen LogP contribution in [-0.2, 0) is 12.8 Å². The molecule has 0 saturated carbocycles. The van der Waals surface area contributed by atoms with Crippen molar-refractivity contribution in [3.05, 3.63) is 64.7 Å². The molecule has 1 N–H and O–H groups in total. The number of alkyl halides is 3. The second-order valence-electron chi connectivity index (χ2n) is 4.78. The summed E-state index contributed by atoms with van der Waals surface area (Å²) in [7, 11) is 0. The molecular formula is C16H13F3O3. The Morgan fingerprint density at radius 2 is 1.77 bits per heavy atom. The van der Waals surface area contributed by atoms with Crippen LogP contribution in [0, 0.1) is 6.92 Å². The van der Waals surface area contributed by atoms with Crippen LogP contribution >= 0.6 is 0 Å². The zero-order valence-corrected chi connectivity index (χ0v) is 11.6. The molecule has 0 aliphatic carbocycles. The molecule has 6 heteroatoms. The number of carboxylic acid groups (broad SMARTS) is 1. The maximum absolute atomic E-state index is 12.7. The summed E-state index contributed by atoms with van der Waals surface area (Å²) < 4.78 is 43.6. The molecule has 0 aliphatic rings. The quantitative estimate of drug-likeness (QED) is 0.916. The van der Waals surface area contributed by atoms with Gasteiger partial charge in [0.05, 0.1) is 11.1 Å². The minimum Gasteiger partial charge on any atom is -0.489 e. The molecule has 0 unspecified atom stereocenters. The summed E-state index contributed by atoms with van der Waals surface area (Å²) in [5.74, 6) is -1.06. The smallest absolute Gasteiger partial charge is 0.417 e. The normalized spacial score (nSPS) is 11.3. The van der Waals surface area contributed by atoms with E-state index < -0.39 is 23.3 Å². The second kappa shape index (κ2) is 6.09. The third-order valence-electron chi connectivity index (χ3n) is 3.05. The highest BCUT2D eigenvalue weighted by atomic mass is 19.4. The van der Waals surface area contributed by atoms with Crippen molar-refractivity contribution >= 4 is 5.97 Å². The van der Waals surface area contributed by atoms with E-state index in [4.69, 9.17) is 9.84 Å². The molecule has 0 heterocycles. The molecule has 0 atom stereocenters. The predicted octanol–water partition coefficient (Wildman–Crippen LogP) is 4.29. The zero-order chi connectivity index (χ0) is 16.3. The van der Waals surface area contributed by atoms with Gasteiger partial charge in [-0.3, -0.25) is 0 Å². The molecule has 0 aromatic heterocycles. The molecule has 0 fully saturated rings. The summed E-state index contributed by atoms with van der Waals surface area (Å²) in [6.07, 6.45) is -4.70. The molecule has 0 aliphatic heterocycles. The average molecular weight is 310 g/mol. The van der Waals surface area contributed by atoms with Crippen molar-refractivity contribution in [2.24, 2.45) is 0 Å². The van der Waals surface area contributed by atoms with Gasteiger partial charge >= 0.3 is 12.1 Å². The third-order valence-corrected chi connectivity index (χ3v) is 3.05. The van der Waals surface area contributed by atoms with E-state index in [0.717, 1.165) is 17.7 Å². The number of aryl methyl sites for hydroxylation is 1. The summed E-state index contributed by atoms with van der Waals surface area (Å²) in [6.45, 7) is 1.90. The van der Waals surface area contributed by atoms with Crippen molar-refractivity contribution in [2.45, 2.75) is 19.7 Å². The first-order chi connectivity index (χ1) is 10.3. The van der Waals surface area contributed by atoms with Crippen molar-refractivity contribution in [1.82, 2.24) is 0 Å². The second-order valence-corrected chi connectivity index (χ2v) is 4.78. The average Bonchev–Trinajstić information content (AvgIpc) is 2.45. The Morgan fingerprint density at radius 3 is 2.32 bits per heavy atom. The molecule has 3 nitrogen and oxygen atoms in total. The van der Waals surface area contributed by atoms with Crippen LogP contribution in [-0.4, -0.2) is 11.1 Å². The van der Waals surface area contributed by atoms with Gasteiger partial charge < -0.3 is 9.84 Å². The first-order valence-electron chi connectivity index (χ1n) is 6.40. The molecule has 2 rings (SSSR count). The minimum absolute atomic E-state index is 0.0124. The Morgan fingerprint density at radius 1 is 1.14 bits per heavy atom. The zero-order valence-electron chi connectivity index (χ0n) is 11.6. The molecule has 116 valence electrons. The SMILES string of the molecule is Cc1ccc(OCc2ccc(C(F)(F)F)c(C(=O)O)c2)cc1. The monoisotopic (exact) mass is 310 g/mol. The van der Waals surface area contributed by atoms with Gasteiger partial charge in [-0.25, -0.2) is 4.79 Å². The summed E-state index contributed by atoms with van der Waals surface area (Å²) in [5, 5.41) is 8.93. The lowest BCUT2D eigenvalue weighted by Gasteiger charge is -2.12. The number of rotatable bonds is 4. The van der Waals surface area contributed by atoms with Crippen LogP contribution in [0.1, 0.15) is 27.0 Å². The molecule has 2 aromatic carbocycles. The van der Waals surface area contributed by atoms with Gasteiger partial charge in [-0.2, -0.15) is 13.2 Å². The van der Waals surface area contributed by atoms with Crippen LogP contribution < -0.4 is 4.74 Å². The van der Waals surface area contributed by atoms with Gasteiger partial charge in [-0.15, -0.1) is 0 Å². The van der Waals surface area contributed by atoms with E-state index in [-0.39, 0.29) is 6.61 Å². The fraction of sp³-hybridized carbons (Fsp3) is 0.188. The number of aromatic carboxylic acids is 1. The molecule has 2 aromatic rings. The standard InChI is InChI=1S/C16H13F3O3/c1-10-2-5-12(6-3-10)22-9-11-4-7-14(16(17,18)19)13(8-11)15(20)21/h2-8H,9H2,1H3,(H,20,21). The molecule has 0 amide bonds. The molecule has 22 heavy (non-hydrogen) atoms. The highest BCUT2D eigenvalue weighted by Gasteiger charge is 2.35. The van der Waals surface area contributed by atoms with Crippen molar-refractivity contribution in [2.75, 3.05) is 0 Å². The Hall–Kier alpha value is -2.50. The summed E-state index contributed by atoms with van der Waals surface area (Å²) >= 11 is 0. The van der Waals surface area contributed by atoms with Gasteiger partial charge in [-0.1, -0.05) is 23.8 Å². The summed E-state index contributed by atoms with van der Waals surface area (Å²) in [4.78, 5) is 11.0. The Balaban J connectivity index is 2.20. The van der Waals surface area contributed by atoms with Gasteiger partial charge in [0.2, 0.25) is 0 Å². The van der Waals surface area contributed by atoms with E-state index >= 15 is 0 Å². The van der Waals surface area contributed by atoms with Crippen molar-refractivity contribution in [1.29, 1.82) is 0 Å². The lowest BCUT2D eigenvalue weighted by molar-refractivity contribution is -0.138. The molecule has 0 spiro atoms. The molecule has 0 radical (unpaired) electrons. The van der Waals surface area contributed by atoms with E-state index in [2.05, 4.69) is 0 Å². The van der Waals surface area contributed by atoms with Crippen LogP contribution in [0.25, 0.3) is 0 Å². The summed E-state index contributed by atoms with van der Waals surface area (Å²) in [6, 6.07) is 10.1.